The zero-order valence-corrected chi connectivity index (χ0v) is 74.7. The maximum absolute atomic E-state index is 14.1. The molecule has 0 spiro atoms. The second kappa shape index (κ2) is 38.6. The number of pyridine rings is 3. The molecule has 3 N–H and O–H groups in total. The van der Waals surface area contributed by atoms with E-state index in [9.17, 15) is 14.4 Å². The number of para-hydroxylation sites is 3. The van der Waals surface area contributed by atoms with E-state index in [-0.39, 0.29) is 37.7 Å². The Kier molecular flexibility index (Phi) is 26.5. The number of carbonyl (C=O) groups excluding carboxylic acids is 3. The number of urea groups is 3. The Balaban J connectivity index is 0.000000140. The Morgan fingerprint density at radius 1 is 0.362 bits per heavy atom. The summed E-state index contributed by atoms with van der Waals surface area (Å²) in [6, 6.07) is 46.7. The van der Waals surface area contributed by atoms with Crippen molar-refractivity contribution in [1.29, 1.82) is 0 Å². The number of aryl methyl sites for hydroxylation is 3. The van der Waals surface area contributed by atoms with Crippen LogP contribution in [0.25, 0.3) is 0 Å². The highest BCUT2D eigenvalue weighted by Crippen LogP contribution is 2.46. The van der Waals surface area contributed by atoms with E-state index in [0.717, 1.165) is 129 Å². The van der Waals surface area contributed by atoms with Gasteiger partial charge in [0, 0.05) is 111 Å². The Hall–Kier alpha value is -13.4. The van der Waals surface area contributed by atoms with Gasteiger partial charge in [-0.05, 0) is 199 Å². The van der Waals surface area contributed by atoms with E-state index in [4.69, 9.17) is 73.4 Å². The van der Waals surface area contributed by atoms with E-state index in [0.29, 0.717) is 125 Å². The molecule has 18 rings (SSSR count). The first kappa shape index (κ1) is 87.1. The number of piperazine rings is 2. The molecule has 654 valence electrons. The molecule has 34 heteroatoms. The average Bonchev–Trinajstić information content (AvgIpc) is 0.758. The highest BCUT2D eigenvalue weighted by Gasteiger charge is 2.41. The predicted octanol–water partition coefficient (Wildman–Crippen LogP) is 17.9. The smallest absolute Gasteiger partial charge is 0.336 e. The summed E-state index contributed by atoms with van der Waals surface area (Å²) in [4.78, 5) is 105. The molecule has 127 heavy (non-hydrogen) atoms. The van der Waals surface area contributed by atoms with Gasteiger partial charge in [-0.15, -0.1) is 0 Å². The lowest BCUT2D eigenvalue weighted by atomic mass is 9.89. The molecule has 3 saturated heterocycles. The van der Waals surface area contributed by atoms with Crippen LogP contribution in [-0.2, 0) is 19.6 Å². The molecular formula is C93H98Cl3N23O8. The maximum atomic E-state index is 14.1. The average molecular weight is 1770 g/mol. The molecule has 0 aliphatic carbocycles. The Bertz CT molecular complexity index is 5680. The van der Waals surface area contributed by atoms with Crippen LogP contribution < -0.4 is 78.8 Å². The third-order valence-corrected chi connectivity index (χ3v) is 24.2. The van der Waals surface area contributed by atoms with Crippen molar-refractivity contribution in [2.24, 2.45) is 0 Å². The van der Waals surface area contributed by atoms with Gasteiger partial charge >= 0.3 is 18.1 Å². The van der Waals surface area contributed by atoms with Gasteiger partial charge < -0.3 is 64.1 Å². The summed E-state index contributed by atoms with van der Waals surface area (Å²) in [5.41, 5.74) is 12.6. The molecule has 3 fully saturated rings. The number of likely N-dealkylation sites (N-methyl/N-ethyl adjacent to an activating group) is 2. The number of ether oxygens (including phenoxy) is 5. The number of hydrogen-bond donors (Lipinski definition) is 3. The summed E-state index contributed by atoms with van der Waals surface area (Å²) in [5.74, 6) is 7.16. The van der Waals surface area contributed by atoms with Gasteiger partial charge in [0.15, 0.2) is 17.5 Å². The van der Waals surface area contributed by atoms with Gasteiger partial charge in [0.2, 0.25) is 17.8 Å². The van der Waals surface area contributed by atoms with Crippen LogP contribution in [0.2, 0.25) is 15.1 Å². The largest absolute Gasteiger partial charge is 0.495 e. The van der Waals surface area contributed by atoms with E-state index >= 15 is 0 Å². The fourth-order valence-corrected chi connectivity index (χ4v) is 17.2. The lowest BCUT2D eigenvalue weighted by molar-refractivity contribution is 0.251. The fraction of sp³-hybridized carbons (Fsp3) is 0.290. The van der Waals surface area contributed by atoms with Gasteiger partial charge in [-0.25, -0.2) is 59.0 Å². The number of carbonyl (C=O) groups is 3. The topological polar surface area (TPSA) is 285 Å². The highest BCUT2D eigenvalue weighted by atomic mass is 35.5. The number of piperidine rings is 1. The molecule has 0 atom stereocenters. The lowest BCUT2D eigenvalue weighted by Gasteiger charge is -2.36. The monoisotopic (exact) mass is 1770 g/mol. The molecule has 0 bridgehead atoms. The van der Waals surface area contributed by atoms with E-state index < -0.39 is 0 Å². The number of halogens is 3. The standard InChI is InChI=1S/C32H34ClN7O3.C31H33ClN8O3.C30H31ClN8O2/c1-20-6-5-7-25(33)29(20)39-19-23-17-35-31(37-30(23)40(32(39)41)28-11-9-24(42-3)18-34-28)36-26-10-8-22(16-27(26)43-4)21-12-14-38(2)15-13-21;1-20-6-5-7-24(32)28(20)39-19-21-17-34-30(36-29(21)40(31(39)41)27-11-9-23(42-3)18-33-27)35-25-10-8-22(16-26(25)43-4)38-14-12-37(2)13-15-38;1-20-5-4-6-25(31)27(20)38-19-21-17-33-29(34-22-7-9-23(10-8-22)37-15-13-36(2)14-16-37)35-28(21)39(30(38)40)26-12-11-24(41-3)18-32-26/h5-11,16-18,21H,12-15,19H2,1-4H3,(H,35,36,37);5-11,16-18H,12-15,19H2,1-4H3,(H,34,35,36);4-12,17-18H,13-16,19H2,1-3H3,(H,33,34,35). The van der Waals surface area contributed by atoms with Crippen molar-refractivity contribution in [3.05, 3.63) is 243 Å². The summed E-state index contributed by atoms with van der Waals surface area (Å²) in [7, 11) is 14.5. The summed E-state index contributed by atoms with van der Waals surface area (Å²) < 4.78 is 27.4. The van der Waals surface area contributed by atoms with Crippen LogP contribution in [0.15, 0.2) is 189 Å². The maximum Gasteiger partial charge on any atom is 0.336 e. The lowest BCUT2D eigenvalue weighted by Crippen LogP contribution is -2.46. The first-order chi connectivity index (χ1) is 61.6. The Labute approximate surface area is 752 Å². The molecule has 12 aromatic rings. The minimum Gasteiger partial charge on any atom is -0.495 e. The van der Waals surface area contributed by atoms with Gasteiger partial charge in [-0.3, -0.25) is 14.7 Å². The Morgan fingerprint density at radius 3 is 1.08 bits per heavy atom. The molecule has 12 heterocycles. The summed E-state index contributed by atoms with van der Waals surface area (Å²) in [5, 5.41) is 11.3. The third-order valence-electron chi connectivity index (χ3n) is 23.3. The number of nitrogens with one attached hydrogen (secondary N) is 3. The molecule has 6 amide bonds. The van der Waals surface area contributed by atoms with Crippen molar-refractivity contribution < 1.29 is 38.1 Å². The summed E-state index contributed by atoms with van der Waals surface area (Å²) in [6.07, 6.45) is 12.1. The first-order valence-corrected chi connectivity index (χ1v) is 42.8. The first-order valence-electron chi connectivity index (χ1n) is 41.6. The summed E-state index contributed by atoms with van der Waals surface area (Å²) >= 11 is 19.8. The van der Waals surface area contributed by atoms with Crippen molar-refractivity contribution in [3.8, 4) is 28.7 Å². The molecule has 0 radical (unpaired) electrons. The highest BCUT2D eigenvalue weighted by molar-refractivity contribution is 6.35. The minimum absolute atomic E-state index is 0.245. The van der Waals surface area contributed by atoms with Gasteiger partial charge in [-0.2, -0.15) is 15.0 Å². The normalized spacial score (nSPS) is 15.6. The molecule has 31 nitrogen and oxygen atoms in total. The van der Waals surface area contributed by atoms with E-state index in [2.05, 4.69) is 122 Å². The van der Waals surface area contributed by atoms with Crippen molar-refractivity contribution in [2.45, 2.75) is 59.2 Å². The van der Waals surface area contributed by atoms with Crippen LogP contribution >= 0.6 is 34.8 Å². The van der Waals surface area contributed by atoms with Crippen LogP contribution in [0.4, 0.5) is 113 Å². The molecule has 6 aromatic carbocycles. The van der Waals surface area contributed by atoms with Crippen molar-refractivity contribution in [2.75, 3.05) is 177 Å². The minimum atomic E-state index is -0.333. The number of fused-ring (bicyclic) bond motifs is 3. The third kappa shape index (κ3) is 18.9. The SMILES string of the molecule is COc1ccc(N2C(=O)N(c3c(C)cccc3Cl)Cc3cnc(Nc4ccc(C5CCN(C)CC5)cc4OC)nc32)nc1.COc1ccc(N2C(=O)N(c3c(C)cccc3Cl)Cc3cnc(Nc4ccc(N5CCN(C)CC5)cc4)nc32)nc1.COc1ccc(N2C(=O)N(c3c(C)cccc3Cl)Cc3cnc(Nc4ccc(N5CCN(C)CC5)cc4OC)nc32)nc1. The molecule has 6 aliphatic rings. The number of likely N-dealkylation sites (tertiary alicyclic amines) is 1. The second-order valence-corrected chi connectivity index (χ2v) is 32.8. The number of rotatable bonds is 20. The number of benzene rings is 6. The molecular weight excluding hydrogens is 1670 g/mol. The zero-order valence-electron chi connectivity index (χ0n) is 72.4. The molecule has 6 aliphatic heterocycles. The van der Waals surface area contributed by atoms with Crippen LogP contribution in [0.1, 0.15) is 57.7 Å². The number of methoxy groups -OCH3 is 5. The van der Waals surface area contributed by atoms with E-state index in [1.165, 1.54) is 26.0 Å². The number of anilines is 17. The molecule has 0 unspecified atom stereocenters. The van der Waals surface area contributed by atoms with Crippen molar-refractivity contribution in [1.82, 2.24) is 59.6 Å². The van der Waals surface area contributed by atoms with Gasteiger partial charge in [-0.1, -0.05) is 77.3 Å². The number of amides is 6. The fourth-order valence-electron chi connectivity index (χ4n) is 16.2. The summed E-state index contributed by atoms with van der Waals surface area (Å²) in [6.45, 7) is 16.7. The predicted molar refractivity (Wildman–Crippen MR) is 499 cm³/mol. The van der Waals surface area contributed by atoms with E-state index in [1.54, 1.807) is 142 Å². The molecule has 6 aromatic heterocycles. The van der Waals surface area contributed by atoms with Gasteiger partial charge in [0.05, 0.1) is 117 Å². The zero-order chi connectivity index (χ0) is 88.7. The molecule has 0 saturated carbocycles. The van der Waals surface area contributed by atoms with Gasteiger partial charge in [0.1, 0.15) is 46.2 Å². The van der Waals surface area contributed by atoms with Crippen LogP contribution in [-0.4, -0.2) is 200 Å². The second-order valence-electron chi connectivity index (χ2n) is 31.5. The van der Waals surface area contributed by atoms with Crippen molar-refractivity contribution in [3.63, 3.8) is 0 Å². The van der Waals surface area contributed by atoms with Crippen LogP contribution in [0.3, 0.4) is 0 Å². The quantitative estimate of drug-likeness (QED) is 0.0639. The van der Waals surface area contributed by atoms with Crippen LogP contribution in [0.5, 0.6) is 28.7 Å². The van der Waals surface area contributed by atoms with Crippen LogP contribution in [0, 0.1) is 20.8 Å². The van der Waals surface area contributed by atoms with E-state index in [1.807, 2.05) is 87.5 Å². The van der Waals surface area contributed by atoms with Gasteiger partial charge in [0.25, 0.3) is 0 Å². The van der Waals surface area contributed by atoms with Crippen molar-refractivity contribution >= 4 is 151 Å². The number of aromatic nitrogens is 9. The number of nitrogens with zero attached hydrogens (tertiary/aromatic N) is 20. The Morgan fingerprint density at radius 2 is 0.717 bits per heavy atom. The number of hydrogen-bond acceptors (Lipinski definition) is 25.